The summed E-state index contributed by atoms with van der Waals surface area (Å²) in [7, 11) is 0. The van der Waals surface area contributed by atoms with Gasteiger partial charge in [-0.15, -0.1) is 0 Å². The van der Waals surface area contributed by atoms with Crippen molar-refractivity contribution < 1.29 is 0 Å². The van der Waals surface area contributed by atoms with E-state index in [0.717, 1.165) is 35.5 Å². The molecule has 6 atom stereocenters. The van der Waals surface area contributed by atoms with Gasteiger partial charge in [0, 0.05) is 0 Å². The second-order valence-corrected chi connectivity index (χ2v) is 9.83. The molecule has 0 aromatic carbocycles. The van der Waals surface area contributed by atoms with Gasteiger partial charge in [-0.25, -0.2) is 0 Å². The van der Waals surface area contributed by atoms with Gasteiger partial charge in [-0.2, -0.15) is 0 Å². The summed E-state index contributed by atoms with van der Waals surface area (Å²) < 4.78 is 0. The Hall–Kier alpha value is 0. The van der Waals surface area contributed by atoms with E-state index < -0.39 is 0 Å². The maximum absolute atomic E-state index is 2.46. The molecule has 0 nitrogen and oxygen atoms in total. The first-order chi connectivity index (χ1) is 11.2. The first-order valence-electron chi connectivity index (χ1n) is 11.2. The lowest BCUT2D eigenvalue weighted by Gasteiger charge is -2.59. The van der Waals surface area contributed by atoms with E-state index in [1.54, 1.807) is 0 Å². The Morgan fingerprint density at radius 1 is 0.542 bits per heavy atom. The summed E-state index contributed by atoms with van der Waals surface area (Å²) in [6.45, 7) is 22.7. The molecule has 0 spiro atoms. The minimum Gasteiger partial charge on any atom is -0.0683 e. The van der Waals surface area contributed by atoms with E-state index in [4.69, 9.17) is 0 Å². The van der Waals surface area contributed by atoms with Crippen LogP contribution in [0.1, 0.15) is 108 Å². The van der Waals surface area contributed by atoms with Crippen molar-refractivity contribution in [3.63, 3.8) is 0 Å². The summed E-state index contributed by atoms with van der Waals surface area (Å²) in [4.78, 5) is 0. The third-order valence-electron chi connectivity index (χ3n) is 8.41. The van der Waals surface area contributed by atoms with Gasteiger partial charge in [-0.3, -0.25) is 0 Å². The highest BCUT2D eigenvalue weighted by Crippen LogP contribution is 2.61. The number of fused-ring (bicyclic) bond motifs is 4. The van der Waals surface area contributed by atoms with E-state index >= 15 is 0 Å². The van der Waals surface area contributed by atoms with Crippen molar-refractivity contribution in [2.75, 3.05) is 0 Å². The van der Waals surface area contributed by atoms with Gasteiger partial charge in [-0.1, -0.05) is 82.1 Å². The van der Waals surface area contributed by atoms with Gasteiger partial charge in [0.05, 0.1) is 0 Å². The number of hydrogen-bond donors (Lipinski definition) is 0. The molecule has 6 fully saturated rings. The zero-order valence-corrected chi connectivity index (χ0v) is 18.7. The molecule has 0 amide bonds. The van der Waals surface area contributed by atoms with Crippen LogP contribution in [0, 0.1) is 46.3 Å². The average Bonchev–Trinajstić information content (AvgIpc) is 2.58. The summed E-state index contributed by atoms with van der Waals surface area (Å²) in [6, 6.07) is 0. The lowest BCUT2D eigenvalue weighted by Crippen LogP contribution is -2.51. The summed E-state index contributed by atoms with van der Waals surface area (Å²) in [5.74, 6) is 6.31. The molecule has 6 aliphatic carbocycles. The molecule has 6 aliphatic rings. The molecule has 4 bridgehead atoms. The van der Waals surface area contributed by atoms with Crippen LogP contribution in [0.3, 0.4) is 0 Å². The Morgan fingerprint density at radius 2 is 0.833 bits per heavy atom. The summed E-state index contributed by atoms with van der Waals surface area (Å²) in [5.41, 5.74) is 1.41. The fourth-order valence-corrected chi connectivity index (χ4v) is 6.35. The van der Waals surface area contributed by atoms with E-state index in [9.17, 15) is 0 Å². The Kier molecular flexibility index (Phi) is 7.89. The molecular weight excluding hydrogens is 288 g/mol. The van der Waals surface area contributed by atoms with E-state index in [-0.39, 0.29) is 0 Å². The molecule has 0 unspecified atom stereocenters. The highest BCUT2D eigenvalue weighted by Gasteiger charge is 2.53. The molecule has 0 aromatic heterocycles. The zero-order chi connectivity index (χ0) is 18.7. The van der Waals surface area contributed by atoms with Crippen LogP contribution in [0.25, 0.3) is 0 Å². The second kappa shape index (κ2) is 8.59. The monoisotopic (exact) mass is 336 g/mol. The summed E-state index contributed by atoms with van der Waals surface area (Å²) in [6.07, 6.45) is 9.08. The normalized spacial score (nSPS) is 42.2. The van der Waals surface area contributed by atoms with Crippen LogP contribution in [0.5, 0.6) is 0 Å². The van der Waals surface area contributed by atoms with E-state index in [2.05, 4.69) is 41.5 Å². The largest absolute Gasteiger partial charge is 0.0683 e. The molecule has 0 aliphatic heterocycles. The SMILES string of the molecule is CC.CC.C[C@@H]1CC[C@H]2C[C@@H]1C2(C)C.C[C@H]1CC[C@@H]2C[C@H]1C2(C)C. The topological polar surface area (TPSA) is 0 Å². The second-order valence-electron chi connectivity index (χ2n) is 9.83. The lowest BCUT2D eigenvalue weighted by atomic mass is 9.46. The molecule has 0 aromatic rings. The van der Waals surface area contributed by atoms with Crippen molar-refractivity contribution in [2.24, 2.45) is 46.3 Å². The van der Waals surface area contributed by atoms with Crippen molar-refractivity contribution in [1.82, 2.24) is 0 Å². The first-order valence-corrected chi connectivity index (χ1v) is 11.2. The molecule has 0 radical (unpaired) electrons. The maximum atomic E-state index is 2.46. The summed E-state index contributed by atoms with van der Waals surface area (Å²) >= 11 is 0. The fourth-order valence-electron chi connectivity index (χ4n) is 6.35. The highest BCUT2D eigenvalue weighted by atomic mass is 14.6. The third kappa shape index (κ3) is 3.88. The molecule has 0 saturated heterocycles. The third-order valence-corrected chi connectivity index (χ3v) is 8.41. The molecular formula is C24H48. The van der Waals surface area contributed by atoms with Gasteiger partial charge in [0.2, 0.25) is 0 Å². The fraction of sp³-hybridized carbons (Fsp3) is 1.00. The first kappa shape index (κ1) is 22.0. The van der Waals surface area contributed by atoms with Crippen molar-refractivity contribution in [1.29, 1.82) is 0 Å². The van der Waals surface area contributed by atoms with Crippen LogP contribution in [0.4, 0.5) is 0 Å². The van der Waals surface area contributed by atoms with Gasteiger partial charge in [0.1, 0.15) is 0 Å². The molecule has 0 heteroatoms. The van der Waals surface area contributed by atoms with E-state index in [1.807, 2.05) is 27.7 Å². The predicted molar refractivity (Wildman–Crippen MR) is 110 cm³/mol. The van der Waals surface area contributed by atoms with Crippen molar-refractivity contribution in [3.05, 3.63) is 0 Å². The van der Waals surface area contributed by atoms with Crippen molar-refractivity contribution in [2.45, 2.75) is 108 Å². The van der Waals surface area contributed by atoms with Gasteiger partial charge >= 0.3 is 0 Å². The molecule has 24 heavy (non-hydrogen) atoms. The van der Waals surface area contributed by atoms with Crippen LogP contribution in [0.2, 0.25) is 0 Å². The molecule has 0 N–H and O–H groups in total. The minimum atomic E-state index is 0.706. The van der Waals surface area contributed by atoms with Crippen LogP contribution in [-0.4, -0.2) is 0 Å². The van der Waals surface area contributed by atoms with Crippen molar-refractivity contribution in [3.8, 4) is 0 Å². The smallest absolute Gasteiger partial charge is 0.0295 e. The van der Waals surface area contributed by atoms with Gasteiger partial charge < -0.3 is 0 Å². The van der Waals surface area contributed by atoms with Gasteiger partial charge in [-0.05, 0) is 72.0 Å². The zero-order valence-electron chi connectivity index (χ0n) is 18.7. The molecule has 6 rings (SSSR count). The Morgan fingerprint density at radius 3 is 0.958 bits per heavy atom. The quantitative estimate of drug-likeness (QED) is 0.418. The molecule has 6 saturated carbocycles. The van der Waals surface area contributed by atoms with E-state index in [1.165, 1.54) is 38.5 Å². The maximum Gasteiger partial charge on any atom is -0.0295 e. The predicted octanol–water partition coefficient (Wildman–Crippen LogP) is 8.21. The van der Waals surface area contributed by atoms with Crippen LogP contribution >= 0.6 is 0 Å². The van der Waals surface area contributed by atoms with Gasteiger partial charge in [0.25, 0.3) is 0 Å². The van der Waals surface area contributed by atoms with Gasteiger partial charge in [0.15, 0.2) is 0 Å². The summed E-state index contributed by atoms with van der Waals surface area (Å²) in [5, 5.41) is 0. The molecule has 0 heterocycles. The van der Waals surface area contributed by atoms with Crippen LogP contribution in [-0.2, 0) is 0 Å². The highest BCUT2D eigenvalue weighted by molar-refractivity contribution is 5.02. The van der Waals surface area contributed by atoms with E-state index in [0.29, 0.717) is 10.8 Å². The lowest BCUT2D eigenvalue weighted by molar-refractivity contribution is -0.0988. The Balaban J connectivity index is 0.000000199. The standard InChI is InChI=1S/2C10H18.2C2H6/c2*1-7-4-5-8-6-9(7)10(8,2)3;2*1-2/h2*7-9H,4-6H2,1-3H3;2*1-2H3/t2*7-,8+,9+;;/m10../s1. The van der Waals surface area contributed by atoms with Crippen LogP contribution in [0.15, 0.2) is 0 Å². The average molecular weight is 337 g/mol. The van der Waals surface area contributed by atoms with Crippen molar-refractivity contribution >= 4 is 0 Å². The number of hydrogen-bond acceptors (Lipinski definition) is 0. The number of rotatable bonds is 0. The Labute approximate surface area is 154 Å². The minimum absolute atomic E-state index is 0.706. The Bertz CT molecular complexity index is 324. The van der Waals surface area contributed by atoms with Crippen LogP contribution < -0.4 is 0 Å². The molecule has 144 valence electrons.